The number of ether oxygens (including phenoxy) is 1. The van der Waals surface area contributed by atoms with Crippen LogP contribution in [0.2, 0.25) is 0 Å². The van der Waals surface area contributed by atoms with Crippen LogP contribution in [0.1, 0.15) is 51.3 Å². The van der Waals surface area contributed by atoms with Gasteiger partial charge in [0.2, 0.25) is 5.91 Å². The fourth-order valence-corrected chi connectivity index (χ4v) is 2.51. The fourth-order valence-electron chi connectivity index (χ4n) is 2.51. The maximum absolute atomic E-state index is 12.0. The van der Waals surface area contributed by atoms with Crippen LogP contribution in [0.25, 0.3) is 0 Å². The van der Waals surface area contributed by atoms with Gasteiger partial charge >= 0.3 is 0 Å². The highest BCUT2D eigenvalue weighted by Gasteiger charge is 2.20. The minimum Gasteiger partial charge on any atom is -0.365 e. The third-order valence-corrected chi connectivity index (χ3v) is 3.79. The number of hydrogen-bond donors (Lipinski definition) is 1. The maximum Gasteiger partial charge on any atom is 0.249 e. The quantitative estimate of drug-likeness (QED) is 0.831. The summed E-state index contributed by atoms with van der Waals surface area (Å²) in [6.07, 6.45) is 8.56. The van der Waals surface area contributed by atoms with Crippen LogP contribution < -0.4 is 5.32 Å². The van der Waals surface area contributed by atoms with E-state index in [9.17, 15) is 4.79 Å². The van der Waals surface area contributed by atoms with E-state index in [1.165, 1.54) is 25.7 Å². The van der Waals surface area contributed by atoms with Crippen molar-refractivity contribution in [1.29, 1.82) is 0 Å². The summed E-state index contributed by atoms with van der Waals surface area (Å²) in [5.41, 5.74) is 0. The molecule has 0 aliphatic heterocycles. The van der Waals surface area contributed by atoms with Gasteiger partial charge in [0.25, 0.3) is 0 Å². The van der Waals surface area contributed by atoms with Crippen molar-refractivity contribution >= 4 is 5.91 Å². The Morgan fingerprint density at radius 2 is 2.15 bits per heavy atom. The molecule has 1 amide bonds. The summed E-state index contributed by atoms with van der Waals surface area (Å²) in [5, 5.41) is 10.6. The average molecular weight is 280 g/mol. The first-order valence-corrected chi connectivity index (χ1v) is 7.43. The zero-order valence-electron chi connectivity index (χ0n) is 12.3. The van der Waals surface area contributed by atoms with E-state index in [0.717, 1.165) is 18.7 Å². The predicted octanol–water partition coefficient (Wildman–Crippen LogP) is 1.56. The Kier molecular flexibility index (Phi) is 5.52. The molecular weight excluding hydrogens is 256 g/mol. The minimum absolute atomic E-state index is 0.0859. The molecule has 1 fully saturated rings. The van der Waals surface area contributed by atoms with Gasteiger partial charge in [-0.2, -0.15) is 0 Å². The average Bonchev–Trinajstić information content (AvgIpc) is 2.68. The molecule has 1 aliphatic carbocycles. The number of carbonyl (C=O) groups is 1. The lowest BCUT2D eigenvalue weighted by Crippen LogP contribution is -2.36. The topological polar surface area (TPSA) is 69.0 Å². The molecule has 1 atom stereocenters. The first kappa shape index (κ1) is 15.0. The van der Waals surface area contributed by atoms with Gasteiger partial charge in [0.1, 0.15) is 12.4 Å². The molecule has 0 spiro atoms. The molecule has 0 saturated heterocycles. The van der Waals surface area contributed by atoms with Gasteiger partial charge in [0.15, 0.2) is 5.82 Å². The van der Waals surface area contributed by atoms with Crippen molar-refractivity contribution < 1.29 is 9.53 Å². The Bertz CT molecular complexity index is 425. The van der Waals surface area contributed by atoms with Gasteiger partial charge in [-0.3, -0.25) is 4.79 Å². The molecule has 1 aromatic heterocycles. The molecule has 20 heavy (non-hydrogen) atoms. The molecule has 6 nitrogen and oxygen atoms in total. The molecule has 2 rings (SSSR count). The first-order chi connectivity index (χ1) is 9.66. The largest absolute Gasteiger partial charge is 0.365 e. The van der Waals surface area contributed by atoms with E-state index in [0.29, 0.717) is 6.54 Å². The molecule has 0 aromatic carbocycles. The third-order valence-electron chi connectivity index (χ3n) is 3.79. The maximum atomic E-state index is 12.0. The van der Waals surface area contributed by atoms with Crippen molar-refractivity contribution in [3.05, 3.63) is 12.2 Å². The smallest absolute Gasteiger partial charge is 0.249 e. The second kappa shape index (κ2) is 7.38. The van der Waals surface area contributed by atoms with E-state index in [1.807, 2.05) is 14.0 Å². The summed E-state index contributed by atoms with van der Waals surface area (Å²) < 4.78 is 7.67. The van der Waals surface area contributed by atoms with Crippen LogP contribution >= 0.6 is 0 Å². The second-order valence-electron chi connectivity index (χ2n) is 5.47. The van der Waals surface area contributed by atoms with Crippen LogP contribution in [-0.4, -0.2) is 32.9 Å². The number of nitrogens with zero attached hydrogens (tertiary/aromatic N) is 3. The standard InChI is InChI=1S/C14H24N4O2/c1-11(20-12-7-5-3-4-6-8-12)14(19)15-9-13-17-16-10-18(13)2/h10-12H,3-9H2,1-2H3,(H,15,19). The van der Waals surface area contributed by atoms with E-state index in [4.69, 9.17) is 4.74 Å². The lowest BCUT2D eigenvalue weighted by atomic mass is 10.1. The third kappa shape index (κ3) is 4.30. The van der Waals surface area contributed by atoms with E-state index >= 15 is 0 Å². The molecule has 1 N–H and O–H groups in total. The summed E-state index contributed by atoms with van der Waals surface area (Å²) in [7, 11) is 1.85. The Labute approximate surface area is 119 Å². The van der Waals surface area contributed by atoms with Crippen LogP contribution in [0.3, 0.4) is 0 Å². The van der Waals surface area contributed by atoms with Crippen molar-refractivity contribution in [1.82, 2.24) is 20.1 Å². The van der Waals surface area contributed by atoms with Crippen LogP contribution in [0, 0.1) is 0 Å². The summed E-state index contributed by atoms with van der Waals surface area (Å²) in [6, 6.07) is 0. The molecule has 6 heteroatoms. The van der Waals surface area contributed by atoms with Crippen LogP contribution in [0.4, 0.5) is 0 Å². The summed E-state index contributed by atoms with van der Waals surface area (Å²) in [6.45, 7) is 2.20. The Morgan fingerprint density at radius 1 is 1.45 bits per heavy atom. The van der Waals surface area contributed by atoms with Gasteiger partial charge in [0.05, 0.1) is 12.6 Å². The van der Waals surface area contributed by atoms with Gasteiger partial charge in [0, 0.05) is 7.05 Å². The SMILES string of the molecule is CC(OC1CCCCCC1)C(=O)NCc1nncn1C. The van der Waals surface area contributed by atoms with Crippen molar-refractivity contribution in [2.45, 2.75) is 64.2 Å². The molecule has 1 heterocycles. The number of aryl methyl sites for hydroxylation is 1. The highest BCUT2D eigenvalue weighted by atomic mass is 16.5. The van der Waals surface area contributed by atoms with Gasteiger partial charge in [-0.25, -0.2) is 0 Å². The zero-order chi connectivity index (χ0) is 14.4. The molecule has 1 unspecified atom stereocenters. The molecule has 112 valence electrons. The normalized spacial score (nSPS) is 18.5. The predicted molar refractivity (Wildman–Crippen MR) is 74.9 cm³/mol. The van der Waals surface area contributed by atoms with Gasteiger partial charge in [-0.1, -0.05) is 25.7 Å². The highest BCUT2D eigenvalue weighted by Crippen LogP contribution is 2.20. The van der Waals surface area contributed by atoms with Crippen LogP contribution in [0.15, 0.2) is 6.33 Å². The van der Waals surface area contributed by atoms with Crippen molar-refractivity contribution in [2.75, 3.05) is 0 Å². The zero-order valence-corrected chi connectivity index (χ0v) is 12.3. The summed E-state index contributed by atoms with van der Waals surface area (Å²) in [4.78, 5) is 12.0. The lowest BCUT2D eigenvalue weighted by Gasteiger charge is -2.20. The van der Waals surface area contributed by atoms with Crippen LogP contribution in [0.5, 0.6) is 0 Å². The minimum atomic E-state index is -0.411. The highest BCUT2D eigenvalue weighted by molar-refractivity contribution is 5.80. The first-order valence-electron chi connectivity index (χ1n) is 7.43. The molecule has 0 bridgehead atoms. The molecule has 1 aliphatic rings. The number of amides is 1. The summed E-state index contributed by atoms with van der Waals surface area (Å²) in [5.74, 6) is 0.650. The molecule has 1 aromatic rings. The Morgan fingerprint density at radius 3 is 2.75 bits per heavy atom. The summed E-state index contributed by atoms with van der Waals surface area (Å²) >= 11 is 0. The monoisotopic (exact) mass is 280 g/mol. The van der Waals surface area contributed by atoms with Crippen molar-refractivity contribution in [3.63, 3.8) is 0 Å². The van der Waals surface area contributed by atoms with E-state index in [-0.39, 0.29) is 12.0 Å². The lowest BCUT2D eigenvalue weighted by molar-refractivity contribution is -0.136. The number of aromatic nitrogens is 3. The number of hydrogen-bond acceptors (Lipinski definition) is 4. The van der Waals surface area contributed by atoms with Crippen molar-refractivity contribution in [3.8, 4) is 0 Å². The van der Waals surface area contributed by atoms with Gasteiger partial charge in [-0.05, 0) is 19.8 Å². The number of nitrogens with one attached hydrogen (secondary N) is 1. The Balaban J connectivity index is 1.75. The van der Waals surface area contributed by atoms with E-state index < -0.39 is 6.10 Å². The van der Waals surface area contributed by atoms with E-state index in [1.54, 1.807) is 10.9 Å². The van der Waals surface area contributed by atoms with Crippen LogP contribution in [-0.2, 0) is 23.1 Å². The van der Waals surface area contributed by atoms with Crippen molar-refractivity contribution in [2.24, 2.45) is 7.05 Å². The fraction of sp³-hybridized carbons (Fsp3) is 0.786. The van der Waals surface area contributed by atoms with Gasteiger partial charge in [-0.15, -0.1) is 10.2 Å². The second-order valence-corrected chi connectivity index (χ2v) is 5.47. The molecule has 0 radical (unpaired) electrons. The van der Waals surface area contributed by atoms with Gasteiger partial charge < -0.3 is 14.6 Å². The Hall–Kier alpha value is -1.43. The number of carbonyl (C=O) groups excluding carboxylic acids is 1. The number of rotatable bonds is 5. The molecule has 1 saturated carbocycles. The molecular formula is C14H24N4O2. The van der Waals surface area contributed by atoms with E-state index in [2.05, 4.69) is 15.5 Å².